The minimum atomic E-state index is -1.41. The third kappa shape index (κ3) is 6.35. The van der Waals surface area contributed by atoms with Crippen LogP contribution in [0.2, 0.25) is 0 Å². The average molecular weight is 750 g/mol. The fourth-order valence-corrected chi connectivity index (χ4v) is 8.55. The first-order valence-electron chi connectivity index (χ1n) is 16.7. The van der Waals surface area contributed by atoms with Gasteiger partial charge < -0.3 is 29.7 Å². The highest BCUT2D eigenvalue weighted by atomic mass is 79.9. The normalized spacial score (nSPS) is 26.3. The summed E-state index contributed by atoms with van der Waals surface area (Å²) >= 11 is 3.69. The Hall–Kier alpha value is -4.40. The molecule has 1 aromatic heterocycles. The van der Waals surface area contributed by atoms with Gasteiger partial charge in [0.2, 0.25) is 17.7 Å². The molecule has 1 unspecified atom stereocenters. The first-order valence-corrected chi connectivity index (χ1v) is 17.6. The van der Waals surface area contributed by atoms with Crippen LogP contribution in [0.25, 0.3) is 11.0 Å². The molecule has 2 bridgehead atoms. The number of benzene rings is 2. The summed E-state index contributed by atoms with van der Waals surface area (Å²) in [4.78, 5) is 58.5. The van der Waals surface area contributed by atoms with Crippen LogP contribution in [-0.2, 0) is 35.3 Å². The summed E-state index contributed by atoms with van der Waals surface area (Å²) in [5.41, 5.74) is 0.589. The number of aliphatic hydroxyl groups excluding tert-OH is 1. The van der Waals surface area contributed by atoms with Gasteiger partial charge in [-0.05, 0) is 37.5 Å². The summed E-state index contributed by atoms with van der Waals surface area (Å²) in [5, 5.41) is 22.1. The van der Waals surface area contributed by atoms with Gasteiger partial charge in [0.1, 0.15) is 29.9 Å². The van der Waals surface area contributed by atoms with Crippen LogP contribution in [0.15, 0.2) is 79.9 Å². The van der Waals surface area contributed by atoms with Crippen LogP contribution in [0.4, 0.5) is 0 Å². The Balaban J connectivity index is 1.35. The van der Waals surface area contributed by atoms with Gasteiger partial charge in [-0.2, -0.15) is 0 Å². The molecule has 8 atom stereocenters. The van der Waals surface area contributed by atoms with Crippen LogP contribution in [0.1, 0.15) is 37.8 Å². The topological polar surface area (TPSA) is 156 Å². The summed E-state index contributed by atoms with van der Waals surface area (Å²) in [7, 11) is 0. The van der Waals surface area contributed by atoms with Crippen molar-refractivity contribution >= 4 is 50.7 Å². The molecule has 14 heteroatoms. The highest BCUT2D eigenvalue weighted by molar-refractivity contribution is 9.09. The Morgan fingerprint density at radius 2 is 1.92 bits per heavy atom. The van der Waals surface area contributed by atoms with Crippen molar-refractivity contribution in [1.29, 1.82) is 0 Å². The molecule has 3 aliphatic rings. The number of carbonyl (C=O) groups is 4. The second kappa shape index (κ2) is 14.8. The zero-order valence-electron chi connectivity index (χ0n) is 27.8. The Morgan fingerprint density at radius 3 is 2.64 bits per heavy atom. The number of nitrogens with one attached hydrogen (secondary N) is 1. The van der Waals surface area contributed by atoms with E-state index in [9.17, 15) is 24.3 Å². The summed E-state index contributed by atoms with van der Waals surface area (Å²) in [6.07, 6.45) is 2.85. The van der Waals surface area contributed by atoms with Crippen molar-refractivity contribution in [3.05, 3.63) is 85.5 Å². The molecule has 0 aliphatic carbocycles. The molecule has 3 aromatic rings. The first-order chi connectivity index (χ1) is 24.1. The maximum atomic E-state index is 15.0. The number of rotatable bonds is 15. The SMILES string of the molecule is C=CCCC(=O)NC[C@@H](C)OC(=O)[C@H]1[C@@H]2O[C@@]3(CC2Br)[C@@H]1C(=O)N([C@H](CO)c1ccccc1)[C@@H]3C(=O)N(CC=C)Cn1nnc2ccccc21. The number of hydrogen-bond donors (Lipinski definition) is 2. The smallest absolute Gasteiger partial charge is 0.312 e. The average Bonchev–Trinajstić information content (AvgIpc) is 3.84. The second-order valence-corrected chi connectivity index (χ2v) is 14.1. The number of aromatic nitrogens is 3. The standard InChI is InChI=1S/C36H41BrN6O7/c1-4-6-16-28(45)38-19-22(3)49-35(48)29-30-33(46)43(27(20-44)23-12-8-7-9-13-23)32(36(30)18-24(37)31(29)50-36)34(47)41(17-5-2)21-42-26-15-11-10-14-25(26)39-40-42/h4-5,7-15,22,24,27,29-32,44H,1-2,6,16-21H2,3H3,(H,38,45)/t22-,24?,27-,29-,30+,31-,32-,36+/m1/s1. The van der Waals surface area contributed by atoms with E-state index in [1.807, 2.05) is 30.3 Å². The van der Waals surface area contributed by atoms with E-state index >= 15 is 0 Å². The van der Waals surface area contributed by atoms with Crippen LogP contribution in [0, 0.1) is 11.8 Å². The number of fused-ring (bicyclic) bond motifs is 2. The molecular formula is C36H41BrN6O7. The third-order valence-electron chi connectivity index (χ3n) is 9.79. The number of esters is 1. The van der Waals surface area contributed by atoms with Gasteiger partial charge in [-0.1, -0.05) is 75.8 Å². The molecule has 3 fully saturated rings. The number of alkyl halides is 1. The number of ether oxygens (including phenoxy) is 2. The van der Waals surface area contributed by atoms with Crippen molar-refractivity contribution in [3.63, 3.8) is 0 Å². The van der Waals surface area contributed by atoms with Crippen LogP contribution < -0.4 is 5.32 Å². The lowest BCUT2D eigenvalue weighted by atomic mass is 9.70. The van der Waals surface area contributed by atoms with Crippen LogP contribution in [0.3, 0.4) is 0 Å². The van der Waals surface area contributed by atoms with Crippen molar-refractivity contribution in [3.8, 4) is 0 Å². The van der Waals surface area contributed by atoms with Gasteiger partial charge in [-0.25, -0.2) is 4.68 Å². The quantitative estimate of drug-likeness (QED) is 0.136. The summed E-state index contributed by atoms with van der Waals surface area (Å²) in [5.74, 6) is -3.88. The maximum absolute atomic E-state index is 15.0. The van der Waals surface area contributed by atoms with E-state index in [1.54, 1.807) is 48.0 Å². The van der Waals surface area contributed by atoms with Gasteiger partial charge in [-0.15, -0.1) is 18.3 Å². The van der Waals surface area contributed by atoms with Crippen LogP contribution in [0.5, 0.6) is 0 Å². The molecular weight excluding hydrogens is 708 g/mol. The van der Waals surface area contributed by atoms with Gasteiger partial charge in [0.25, 0.3) is 0 Å². The number of aliphatic hydroxyl groups is 1. The van der Waals surface area contributed by atoms with E-state index in [0.717, 1.165) is 5.52 Å². The van der Waals surface area contributed by atoms with Crippen molar-refractivity contribution in [1.82, 2.24) is 30.1 Å². The summed E-state index contributed by atoms with van der Waals surface area (Å²) < 4.78 is 14.1. The lowest BCUT2D eigenvalue weighted by Gasteiger charge is -2.39. The number of likely N-dealkylation sites (tertiary alicyclic amines) is 1. The number of amides is 3. The highest BCUT2D eigenvalue weighted by Gasteiger charge is 2.77. The second-order valence-electron chi connectivity index (χ2n) is 13.0. The lowest BCUT2D eigenvalue weighted by Crippen LogP contribution is -2.57. The van der Waals surface area contributed by atoms with Crippen molar-refractivity contribution in [2.24, 2.45) is 11.8 Å². The monoisotopic (exact) mass is 748 g/mol. The van der Waals surface area contributed by atoms with Gasteiger partial charge in [0.15, 0.2) is 0 Å². The minimum Gasteiger partial charge on any atom is -0.460 e. The van der Waals surface area contributed by atoms with Crippen molar-refractivity contribution in [2.75, 3.05) is 19.7 Å². The van der Waals surface area contributed by atoms with E-state index in [0.29, 0.717) is 17.5 Å². The molecule has 2 N–H and O–H groups in total. The Bertz CT molecular complexity index is 1770. The number of hydrogen-bond acceptors (Lipinski definition) is 9. The van der Waals surface area contributed by atoms with Crippen LogP contribution >= 0.6 is 15.9 Å². The van der Waals surface area contributed by atoms with E-state index in [2.05, 4.69) is 44.7 Å². The lowest BCUT2D eigenvalue weighted by molar-refractivity contribution is -0.160. The molecule has 3 amide bonds. The number of para-hydroxylation sites is 1. The molecule has 6 rings (SSSR count). The maximum Gasteiger partial charge on any atom is 0.312 e. The largest absolute Gasteiger partial charge is 0.460 e. The van der Waals surface area contributed by atoms with Gasteiger partial charge in [0, 0.05) is 17.8 Å². The fourth-order valence-electron chi connectivity index (χ4n) is 7.61. The molecule has 264 valence electrons. The van der Waals surface area contributed by atoms with E-state index < -0.39 is 66.1 Å². The zero-order chi connectivity index (χ0) is 35.6. The van der Waals surface area contributed by atoms with E-state index in [4.69, 9.17) is 9.47 Å². The van der Waals surface area contributed by atoms with Crippen LogP contribution in [-0.4, -0.2) is 102 Å². The molecule has 4 heterocycles. The molecule has 2 aromatic carbocycles. The number of halogens is 1. The molecule has 0 radical (unpaired) electrons. The number of carbonyl (C=O) groups excluding carboxylic acids is 4. The van der Waals surface area contributed by atoms with Gasteiger partial charge >= 0.3 is 5.97 Å². The molecule has 13 nitrogen and oxygen atoms in total. The first kappa shape index (κ1) is 35.4. The van der Waals surface area contributed by atoms with E-state index in [-0.39, 0.29) is 43.3 Å². The molecule has 3 saturated heterocycles. The Morgan fingerprint density at radius 1 is 1.18 bits per heavy atom. The van der Waals surface area contributed by atoms with E-state index in [1.165, 1.54) is 9.80 Å². The Labute approximate surface area is 298 Å². The summed E-state index contributed by atoms with van der Waals surface area (Å²) in [6, 6.07) is 14.2. The number of allylic oxidation sites excluding steroid dienone is 1. The molecule has 3 aliphatic heterocycles. The highest BCUT2D eigenvalue weighted by Crippen LogP contribution is 2.61. The fraction of sp³-hybridized carbons (Fsp3) is 0.444. The van der Waals surface area contributed by atoms with Gasteiger partial charge in [-0.3, -0.25) is 19.2 Å². The summed E-state index contributed by atoms with van der Waals surface area (Å²) in [6.45, 7) is 8.88. The van der Waals surface area contributed by atoms with Crippen molar-refractivity contribution < 1.29 is 33.8 Å². The van der Waals surface area contributed by atoms with Gasteiger partial charge in [0.05, 0.1) is 42.6 Å². The van der Waals surface area contributed by atoms with Crippen molar-refractivity contribution in [2.45, 2.75) is 67.6 Å². The predicted molar refractivity (Wildman–Crippen MR) is 186 cm³/mol. The minimum absolute atomic E-state index is 0.00243. The third-order valence-corrected chi connectivity index (χ3v) is 10.6. The molecule has 0 saturated carbocycles. The number of nitrogens with zero attached hydrogens (tertiary/aromatic N) is 5. The zero-order valence-corrected chi connectivity index (χ0v) is 29.4. The molecule has 1 spiro atoms. The molecule has 50 heavy (non-hydrogen) atoms. The predicted octanol–water partition coefficient (Wildman–Crippen LogP) is 2.90. The Kier molecular flexibility index (Phi) is 10.5.